The lowest BCUT2D eigenvalue weighted by atomic mass is 10.1. The van der Waals surface area contributed by atoms with Gasteiger partial charge in [0.1, 0.15) is 5.58 Å². The average Bonchev–Trinajstić information content (AvgIpc) is 2.54. The molecule has 4 heteroatoms. The Hall–Kier alpha value is -2.26. The molecule has 0 atom stereocenters. The van der Waals surface area contributed by atoms with E-state index in [1.807, 2.05) is 37.3 Å². The molecule has 1 aromatic heterocycles. The zero-order valence-corrected chi connectivity index (χ0v) is 13.9. The van der Waals surface area contributed by atoms with Gasteiger partial charge in [-0.25, -0.2) is 4.79 Å². The second-order valence-electron chi connectivity index (χ2n) is 5.59. The molecule has 0 unspecified atom stereocenters. The molecule has 3 nitrogen and oxygen atoms in total. The summed E-state index contributed by atoms with van der Waals surface area (Å²) in [5, 5.41) is 4.99. The van der Waals surface area contributed by atoms with Crippen LogP contribution in [0, 0.1) is 6.92 Å². The van der Waals surface area contributed by atoms with Crippen molar-refractivity contribution < 1.29 is 4.42 Å². The monoisotopic (exact) mass is 327 g/mol. The second kappa shape index (κ2) is 6.47. The molecule has 0 amide bonds. The minimum Gasteiger partial charge on any atom is -0.423 e. The lowest BCUT2D eigenvalue weighted by Crippen LogP contribution is -2.06. The van der Waals surface area contributed by atoms with Gasteiger partial charge in [0.15, 0.2) is 0 Å². The Morgan fingerprint density at radius 1 is 1.13 bits per heavy atom. The number of anilines is 1. The maximum absolute atomic E-state index is 11.8. The Kier molecular flexibility index (Phi) is 4.39. The van der Waals surface area contributed by atoms with Gasteiger partial charge in [0, 0.05) is 28.7 Å². The van der Waals surface area contributed by atoms with Crippen LogP contribution in [-0.4, -0.2) is 0 Å². The van der Waals surface area contributed by atoms with Crippen molar-refractivity contribution >= 4 is 28.3 Å². The van der Waals surface area contributed by atoms with Crippen LogP contribution in [0.1, 0.15) is 23.6 Å². The third-order valence-electron chi connectivity index (χ3n) is 3.96. The fourth-order valence-corrected chi connectivity index (χ4v) is 2.72. The first kappa shape index (κ1) is 15.6. The molecule has 0 aliphatic heterocycles. The van der Waals surface area contributed by atoms with Gasteiger partial charge in [-0.3, -0.25) is 0 Å². The number of halogens is 1. The van der Waals surface area contributed by atoms with Crippen LogP contribution in [0.4, 0.5) is 5.69 Å². The first-order valence-corrected chi connectivity index (χ1v) is 8.00. The van der Waals surface area contributed by atoms with Crippen molar-refractivity contribution in [3.05, 3.63) is 74.6 Å². The minimum atomic E-state index is -0.329. The zero-order chi connectivity index (χ0) is 16.4. The Morgan fingerprint density at radius 3 is 2.70 bits per heavy atom. The van der Waals surface area contributed by atoms with Crippen LogP contribution in [0.2, 0.25) is 5.02 Å². The summed E-state index contributed by atoms with van der Waals surface area (Å²) in [6.45, 7) is 4.58. The molecule has 3 aromatic rings. The molecular weight excluding hydrogens is 310 g/mol. The quantitative estimate of drug-likeness (QED) is 0.691. The van der Waals surface area contributed by atoms with Crippen LogP contribution in [0.15, 0.2) is 51.7 Å². The highest BCUT2D eigenvalue weighted by Crippen LogP contribution is 2.23. The number of rotatable bonds is 4. The normalized spacial score (nSPS) is 10.9. The highest BCUT2D eigenvalue weighted by Gasteiger charge is 2.07. The molecule has 3 rings (SSSR count). The molecule has 0 bridgehead atoms. The lowest BCUT2D eigenvalue weighted by molar-refractivity contribution is 0.559. The maximum Gasteiger partial charge on any atom is 0.336 e. The highest BCUT2D eigenvalue weighted by molar-refractivity contribution is 6.31. The molecule has 0 fully saturated rings. The van der Waals surface area contributed by atoms with Crippen molar-refractivity contribution in [3.8, 4) is 0 Å². The standard InChI is InChI=1S/C19H18ClNO2/c1-3-13-5-7-16-14(9-19(22)23-18(16)8-13)11-21-15-6-4-12(2)17(20)10-15/h4-10,21H,3,11H2,1-2H3. The van der Waals surface area contributed by atoms with Crippen molar-refractivity contribution in [2.45, 2.75) is 26.8 Å². The van der Waals surface area contributed by atoms with Crippen molar-refractivity contribution in [1.82, 2.24) is 0 Å². The van der Waals surface area contributed by atoms with Gasteiger partial charge < -0.3 is 9.73 Å². The van der Waals surface area contributed by atoms with E-state index in [2.05, 4.69) is 18.3 Å². The number of nitrogens with one attached hydrogen (secondary N) is 1. The topological polar surface area (TPSA) is 42.2 Å². The van der Waals surface area contributed by atoms with E-state index in [4.69, 9.17) is 16.0 Å². The van der Waals surface area contributed by atoms with E-state index in [0.29, 0.717) is 12.1 Å². The molecule has 1 N–H and O–H groups in total. The Balaban J connectivity index is 1.93. The Bertz CT molecular complexity index is 915. The third-order valence-corrected chi connectivity index (χ3v) is 4.36. The Labute approximate surface area is 139 Å². The first-order chi connectivity index (χ1) is 11.1. The van der Waals surface area contributed by atoms with E-state index >= 15 is 0 Å². The van der Waals surface area contributed by atoms with Gasteiger partial charge in [-0.1, -0.05) is 36.7 Å². The molecule has 0 aliphatic rings. The minimum absolute atomic E-state index is 0.329. The molecule has 2 aromatic carbocycles. The van der Waals surface area contributed by atoms with Crippen LogP contribution in [0.25, 0.3) is 11.0 Å². The summed E-state index contributed by atoms with van der Waals surface area (Å²) in [4.78, 5) is 11.8. The molecule has 118 valence electrons. The van der Waals surface area contributed by atoms with E-state index in [0.717, 1.165) is 39.2 Å². The van der Waals surface area contributed by atoms with Crippen molar-refractivity contribution in [2.24, 2.45) is 0 Å². The number of hydrogen-bond acceptors (Lipinski definition) is 3. The number of benzene rings is 2. The van der Waals surface area contributed by atoms with Crippen molar-refractivity contribution in [3.63, 3.8) is 0 Å². The van der Waals surface area contributed by atoms with Gasteiger partial charge in [0.25, 0.3) is 0 Å². The molecule has 23 heavy (non-hydrogen) atoms. The summed E-state index contributed by atoms with van der Waals surface area (Å²) in [5.74, 6) is 0. The largest absolute Gasteiger partial charge is 0.423 e. The van der Waals surface area contributed by atoms with Gasteiger partial charge >= 0.3 is 5.63 Å². The van der Waals surface area contributed by atoms with Crippen LogP contribution >= 0.6 is 11.6 Å². The number of aryl methyl sites for hydroxylation is 2. The van der Waals surface area contributed by atoms with E-state index in [9.17, 15) is 4.79 Å². The molecule has 0 saturated heterocycles. The predicted molar refractivity (Wildman–Crippen MR) is 95.4 cm³/mol. The van der Waals surface area contributed by atoms with E-state index in [1.54, 1.807) is 0 Å². The molecule has 1 heterocycles. The fourth-order valence-electron chi connectivity index (χ4n) is 2.54. The average molecular weight is 328 g/mol. The van der Waals surface area contributed by atoms with E-state index in [1.165, 1.54) is 6.07 Å². The summed E-state index contributed by atoms with van der Waals surface area (Å²) in [5.41, 5.74) is 4.33. The van der Waals surface area contributed by atoms with Gasteiger partial charge in [-0.2, -0.15) is 0 Å². The molecule has 0 radical (unpaired) electrons. The highest BCUT2D eigenvalue weighted by atomic mass is 35.5. The van der Waals surface area contributed by atoms with Crippen LogP contribution in [0.3, 0.4) is 0 Å². The zero-order valence-electron chi connectivity index (χ0n) is 13.2. The summed E-state index contributed by atoms with van der Waals surface area (Å²) in [7, 11) is 0. The van der Waals surface area contributed by atoms with Crippen LogP contribution < -0.4 is 10.9 Å². The van der Waals surface area contributed by atoms with E-state index < -0.39 is 0 Å². The lowest BCUT2D eigenvalue weighted by Gasteiger charge is -2.10. The molecule has 0 aliphatic carbocycles. The summed E-state index contributed by atoms with van der Waals surface area (Å²) in [6, 6.07) is 13.4. The molecule has 0 saturated carbocycles. The van der Waals surface area contributed by atoms with Gasteiger partial charge in [-0.05, 0) is 48.2 Å². The fraction of sp³-hybridized carbons (Fsp3) is 0.211. The molecular formula is C19H18ClNO2. The van der Waals surface area contributed by atoms with Crippen LogP contribution in [-0.2, 0) is 13.0 Å². The van der Waals surface area contributed by atoms with E-state index in [-0.39, 0.29) is 5.63 Å². The summed E-state index contributed by atoms with van der Waals surface area (Å²) >= 11 is 6.14. The van der Waals surface area contributed by atoms with Crippen LogP contribution in [0.5, 0.6) is 0 Å². The first-order valence-electron chi connectivity index (χ1n) is 7.62. The summed E-state index contributed by atoms with van der Waals surface area (Å²) in [6.07, 6.45) is 0.907. The number of hydrogen-bond donors (Lipinski definition) is 1. The molecule has 0 spiro atoms. The van der Waals surface area contributed by atoms with Crippen molar-refractivity contribution in [1.29, 1.82) is 0 Å². The SMILES string of the molecule is CCc1ccc2c(CNc3ccc(C)c(Cl)c3)cc(=O)oc2c1. The smallest absolute Gasteiger partial charge is 0.336 e. The maximum atomic E-state index is 11.8. The van der Waals surface area contributed by atoms with Gasteiger partial charge in [0.05, 0.1) is 0 Å². The van der Waals surface area contributed by atoms with Gasteiger partial charge in [-0.15, -0.1) is 0 Å². The third kappa shape index (κ3) is 3.40. The summed E-state index contributed by atoms with van der Waals surface area (Å²) < 4.78 is 5.33. The number of fused-ring (bicyclic) bond motifs is 1. The second-order valence-corrected chi connectivity index (χ2v) is 6.00. The predicted octanol–water partition coefficient (Wildman–Crippen LogP) is 4.93. The van der Waals surface area contributed by atoms with Crippen molar-refractivity contribution in [2.75, 3.05) is 5.32 Å². The van der Waals surface area contributed by atoms with Gasteiger partial charge in [0.2, 0.25) is 0 Å². The Morgan fingerprint density at radius 2 is 1.96 bits per heavy atom.